The molecule has 0 aromatic heterocycles. The van der Waals surface area contributed by atoms with E-state index in [1.165, 1.54) is 0 Å². The normalized spacial score (nSPS) is 8.64. The summed E-state index contributed by atoms with van der Waals surface area (Å²) in [6.45, 7) is 11.0. The smallest absolute Gasteiger partial charge is 0.498 e. The first kappa shape index (κ1) is 12.9. The van der Waals surface area contributed by atoms with E-state index in [9.17, 15) is 0 Å². The molecule has 0 atom stereocenters. The molecule has 0 fully saturated rings. The summed E-state index contributed by atoms with van der Waals surface area (Å²) >= 11 is 0. The minimum Gasteiger partial charge on any atom is -0.498 e. The second-order valence-corrected chi connectivity index (χ2v) is 2.55. The summed E-state index contributed by atoms with van der Waals surface area (Å²) in [6.07, 6.45) is 1.69. The third-order valence-electron chi connectivity index (χ3n) is 1.84. The molecule has 0 N–H and O–H groups in total. The van der Waals surface area contributed by atoms with Crippen LogP contribution in [0.5, 0.6) is 5.75 Å². The number of rotatable bonds is 3. The maximum atomic E-state index is 5.15. The van der Waals surface area contributed by atoms with E-state index in [1.807, 2.05) is 12.1 Å². The zero-order valence-corrected chi connectivity index (χ0v) is 9.80. The Labute approximate surface area is 97.5 Å². The minimum absolute atomic E-state index is 0. The van der Waals surface area contributed by atoms with Gasteiger partial charge in [-0.25, -0.2) is 0 Å². The van der Waals surface area contributed by atoms with Crippen molar-refractivity contribution in [3.05, 3.63) is 36.8 Å². The molecule has 0 aliphatic rings. The van der Waals surface area contributed by atoms with Gasteiger partial charge in [-0.1, -0.05) is 18.7 Å². The van der Waals surface area contributed by atoms with Crippen molar-refractivity contribution in [1.29, 1.82) is 0 Å². The molecule has 3 heteroatoms. The van der Waals surface area contributed by atoms with E-state index in [0.717, 1.165) is 22.6 Å². The number of nitrogens with zero attached hydrogens (tertiary/aromatic N) is 1. The van der Waals surface area contributed by atoms with Gasteiger partial charge in [-0.15, -0.1) is 0 Å². The Balaban J connectivity index is 0.00000169. The summed E-state index contributed by atoms with van der Waals surface area (Å²) in [5, 5.41) is 0. The van der Waals surface area contributed by atoms with Crippen LogP contribution in [-0.4, -0.2) is 13.8 Å². The van der Waals surface area contributed by atoms with Crippen LogP contribution in [0.4, 0.5) is 5.69 Å². The van der Waals surface area contributed by atoms with Crippen LogP contribution in [-0.2, 0) is 19.5 Å². The van der Waals surface area contributed by atoms with Crippen LogP contribution >= 0.6 is 0 Å². The van der Waals surface area contributed by atoms with Crippen LogP contribution in [0.1, 0.15) is 11.1 Å². The predicted molar refractivity (Wildman–Crippen MR) is 56.8 cm³/mol. The zero-order valence-electron chi connectivity index (χ0n) is 8.06. The van der Waals surface area contributed by atoms with Gasteiger partial charge < -0.3 is 9.73 Å². The van der Waals surface area contributed by atoms with Crippen LogP contribution in [0.25, 0.3) is 6.08 Å². The molecule has 1 rings (SSSR count). The topological polar surface area (TPSA) is 21.6 Å². The second kappa shape index (κ2) is 5.61. The van der Waals surface area contributed by atoms with E-state index in [-0.39, 0.29) is 19.5 Å². The largest absolute Gasteiger partial charge is 1.00 e. The third-order valence-corrected chi connectivity index (χ3v) is 1.84. The SMILES string of the molecule is C=Cc1c(OC)ccc([CH2-])c1N=C.[Ru+]. The summed E-state index contributed by atoms with van der Waals surface area (Å²) in [7, 11) is 1.61. The van der Waals surface area contributed by atoms with Crippen molar-refractivity contribution >= 4 is 18.5 Å². The van der Waals surface area contributed by atoms with Crippen molar-refractivity contribution in [2.75, 3.05) is 7.11 Å². The molecule has 0 aliphatic carbocycles. The Bertz CT molecular complexity index is 347. The van der Waals surface area contributed by atoms with E-state index in [4.69, 9.17) is 4.74 Å². The molecule has 0 bridgehead atoms. The Morgan fingerprint density at radius 1 is 1.50 bits per heavy atom. The molecule has 0 aliphatic heterocycles. The van der Waals surface area contributed by atoms with Gasteiger partial charge in [0.1, 0.15) is 5.75 Å². The van der Waals surface area contributed by atoms with E-state index in [1.54, 1.807) is 13.2 Å². The molecule has 2 nitrogen and oxygen atoms in total. The summed E-state index contributed by atoms with van der Waals surface area (Å²) in [5.74, 6) is 0.741. The fourth-order valence-corrected chi connectivity index (χ4v) is 1.20. The first-order chi connectivity index (χ1) is 6.24. The molecule has 0 saturated carbocycles. The summed E-state index contributed by atoms with van der Waals surface area (Å²) < 4.78 is 5.15. The van der Waals surface area contributed by atoms with E-state index in [2.05, 4.69) is 25.2 Å². The Kier molecular flexibility index (Phi) is 5.18. The Morgan fingerprint density at radius 2 is 2.14 bits per heavy atom. The van der Waals surface area contributed by atoms with Gasteiger partial charge in [-0.2, -0.15) is 18.6 Å². The summed E-state index contributed by atoms with van der Waals surface area (Å²) in [5.41, 5.74) is 2.39. The molecule has 75 valence electrons. The number of aliphatic imine (C=N–C) groups is 1. The van der Waals surface area contributed by atoms with E-state index >= 15 is 0 Å². The van der Waals surface area contributed by atoms with Crippen LogP contribution in [0.3, 0.4) is 0 Å². The average Bonchev–Trinajstić information content (AvgIpc) is 2.17. The zero-order chi connectivity index (χ0) is 9.84. The van der Waals surface area contributed by atoms with Crippen molar-refractivity contribution in [1.82, 2.24) is 0 Å². The summed E-state index contributed by atoms with van der Waals surface area (Å²) in [6, 6.07) is 3.68. The molecule has 0 saturated heterocycles. The van der Waals surface area contributed by atoms with Crippen LogP contribution in [0, 0.1) is 6.92 Å². The molecule has 0 heterocycles. The number of benzene rings is 1. The van der Waals surface area contributed by atoms with Crippen molar-refractivity contribution in [2.24, 2.45) is 4.99 Å². The van der Waals surface area contributed by atoms with Gasteiger partial charge in [0.25, 0.3) is 0 Å². The molecule has 1 radical (unpaired) electrons. The Morgan fingerprint density at radius 3 is 2.57 bits per heavy atom. The molecule has 1 aromatic rings. The molecule has 0 spiro atoms. The number of methoxy groups -OCH3 is 1. The van der Waals surface area contributed by atoms with E-state index < -0.39 is 0 Å². The van der Waals surface area contributed by atoms with Gasteiger partial charge in [-0.3, -0.25) is 0 Å². The molecule has 14 heavy (non-hydrogen) atoms. The summed E-state index contributed by atoms with van der Waals surface area (Å²) in [4.78, 5) is 3.89. The fraction of sp³-hybridized carbons (Fsp3) is 0.0909. The predicted octanol–water partition coefficient (Wildman–Crippen LogP) is 2.85. The standard InChI is InChI=1S/C11H12NO.Ru/c1-5-9-10(13-4)7-6-8(2)11(9)12-3;/h5-7H,1-3H2,4H3;/q-1;+1. The van der Waals surface area contributed by atoms with Gasteiger partial charge in [0.05, 0.1) is 7.11 Å². The van der Waals surface area contributed by atoms with Crippen LogP contribution in [0.2, 0.25) is 0 Å². The van der Waals surface area contributed by atoms with Crippen molar-refractivity contribution in [3.8, 4) is 5.75 Å². The maximum Gasteiger partial charge on any atom is 1.00 e. The fourth-order valence-electron chi connectivity index (χ4n) is 1.20. The minimum atomic E-state index is 0. The number of ether oxygens (including phenoxy) is 1. The second-order valence-electron chi connectivity index (χ2n) is 2.55. The van der Waals surface area contributed by atoms with Gasteiger partial charge in [-0.05, 0) is 18.0 Å². The van der Waals surface area contributed by atoms with Crippen LogP contribution < -0.4 is 4.74 Å². The van der Waals surface area contributed by atoms with Gasteiger partial charge in [0.2, 0.25) is 0 Å². The van der Waals surface area contributed by atoms with Crippen molar-refractivity contribution < 1.29 is 24.2 Å². The third kappa shape index (κ3) is 2.24. The van der Waals surface area contributed by atoms with Crippen LogP contribution in [0.15, 0.2) is 23.7 Å². The molecule has 0 amide bonds. The molecule has 1 aromatic carbocycles. The molecular weight excluding hydrogens is 263 g/mol. The quantitative estimate of drug-likeness (QED) is 0.472. The van der Waals surface area contributed by atoms with Gasteiger partial charge >= 0.3 is 19.5 Å². The van der Waals surface area contributed by atoms with Crippen molar-refractivity contribution in [3.63, 3.8) is 0 Å². The van der Waals surface area contributed by atoms with Crippen molar-refractivity contribution in [2.45, 2.75) is 0 Å². The number of hydrogen-bond donors (Lipinski definition) is 0. The first-order valence-electron chi connectivity index (χ1n) is 3.86. The number of hydrogen-bond acceptors (Lipinski definition) is 2. The first-order valence-corrected chi connectivity index (χ1v) is 3.86. The molecular formula is C11H12NORu. The van der Waals surface area contributed by atoms with E-state index in [0.29, 0.717) is 0 Å². The molecule has 0 unspecified atom stereocenters. The maximum absolute atomic E-state index is 5.15. The van der Waals surface area contributed by atoms with Gasteiger partial charge in [0, 0.05) is 0 Å². The van der Waals surface area contributed by atoms with Gasteiger partial charge in [0.15, 0.2) is 0 Å². The monoisotopic (exact) mass is 276 g/mol. The Hall–Kier alpha value is -1.08. The average molecular weight is 275 g/mol.